The first-order valence-corrected chi connectivity index (χ1v) is 6.12. The number of carbonyl (C=O) groups excluding carboxylic acids is 1. The first-order chi connectivity index (χ1) is 6.61. The Morgan fingerprint density at radius 1 is 1.64 bits per heavy atom. The molecule has 3 nitrogen and oxygen atoms in total. The fraction of sp³-hybridized carbons (Fsp3) is 0.900. The van der Waals surface area contributed by atoms with E-state index in [2.05, 4.69) is 22.9 Å². The number of likely N-dealkylation sites (tertiary alicyclic amines) is 1. The smallest absolute Gasteiger partial charge is 0.223 e. The average molecular weight is 264 g/mol. The Labute approximate surface area is 93.9 Å². The van der Waals surface area contributed by atoms with E-state index in [1.165, 1.54) is 0 Å². The van der Waals surface area contributed by atoms with Gasteiger partial charge in [0.05, 0.1) is 5.60 Å². The van der Waals surface area contributed by atoms with E-state index in [1.807, 2.05) is 4.90 Å². The Morgan fingerprint density at radius 3 is 2.93 bits per heavy atom. The third-order valence-electron chi connectivity index (χ3n) is 2.81. The number of piperidine rings is 1. The lowest BCUT2D eigenvalue weighted by molar-refractivity contribution is -0.138. The average Bonchev–Trinajstić information content (AvgIpc) is 2.18. The van der Waals surface area contributed by atoms with Gasteiger partial charge in [-0.05, 0) is 19.8 Å². The van der Waals surface area contributed by atoms with Crippen molar-refractivity contribution in [3.05, 3.63) is 0 Å². The minimum Gasteiger partial charge on any atom is -0.377 e. The predicted molar refractivity (Wildman–Crippen MR) is 59.6 cm³/mol. The Kier molecular flexibility index (Phi) is 4.38. The molecule has 0 spiro atoms. The number of alkyl halides is 1. The van der Waals surface area contributed by atoms with Gasteiger partial charge in [0, 0.05) is 32.0 Å². The number of methoxy groups -OCH3 is 1. The van der Waals surface area contributed by atoms with Gasteiger partial charge in [-0.2, -0.15) is 0 Å². The molecule has 1 unspecified atom stereocenters. The standard InChI is InChI=1S/C10H18BrNO2/c1-10(14-2)5-3-7-12(8-10)9(13)4-6-11/h3-8H2,1-2H3. The molecule has 14 heavy (non-hydrogen) atoms. The van der Waals surface area contributed by atoms with E-state index >= 15 is 0 Å². The van der Waals surface area contributed by atoms with Gasteiger partial charge >= 0.3 is 0 Å². The van der Waals surface area contributed by atoms with Crippen LogP contribution in [0.1, 0.15) is 26.2 Å². The lowest BCUT2D eigenvalue weighted by Crippen LogP contribution is -2.49. The third kappa shape index (κ3) is 2.95. The zero-order valence-electron chi connectivity index (χ0n) is 8.88. The molecule has 0 N–H and O–H groups in total. The number of ether oxygens (including phenoxy) is 1. The van der Waals surface area contributed by atoms with Crippen molar-refractivity contribution in [2.75, 3.05) is 25.5 Å². The molecule has 0 bridgehead atoms. The van der Waals surface area contributed by atoms with Crippen LogP contribution in [0.4, 0.5) is 0 Å². The first kappa shape index (κ1) is 12.0. The van der Waals surface area contributed by atoms with Crippen molar-refractivity contribution in [2.24, 2.45) is 0 Å². The topological polar surface area (TPSA) is 29.5 Å². The summed E-state index contributed by atoms with van der Waals surface area (Å²) in [5.41, 5.74) is -0.139. The summed E-state index contributed by atoms with van der Waals surface area (Å²) in [6.45, 7) is 3.68. The quantitative estimate of drug-likeness (QED) is 0.727. The molecule has 1 aliphatic rings. The number of nitrogens with zero attached hydrogens (tertiary/aromatic N) is 1. The minimum absolute atomic E-state index is 0.139. The second kappa shape index (κ2) is 5.12. The van der Waals surface area contributed by atoms with Crippen molar-refractivity contribution in [2.45, 2.75) is 31.8 Å². The number of carbonyl (C=O) groups is 1. The van der Waals surface area contributed by atoms with Crippen LogP contribution >= 0.6 is 15.9 Å². The lowest BCUT2D eigenvalue weighted by atomic mass is 9.94. The summed E-state index contributed by atoms with van der Waals surface area (Å²) in [5.74, 6) is 0.227. The normalized spacial score (nSPS) is 27.8. The Hall–Kier alpha value is -0.0900. The summed E-state index contributed by atoms with van der Waals surface area (Å²) in [5, 5.41) is 0.742. The van der Waals surface area contributed by atoms with E-state index in [0.29, 0.717) is 6.42 Å². The molecule has 0 aliphatic carbocycles. The summed E-state index contributed by atoms with van der Waals surface area (Å²) in [6, 6.07) is 0. The second-order valence-electron chi connectivity index (χ2n) is 4.01. The van der Waals surface area contributed by atoms with Crippen LogP contribution in [0.15, 0.2) is 0 Å². The van der Waals surface area contributed by atoms with Crippen LogP contribution in [0.25, 0.3) is 0 Å². The van der Waals surface area contributed by atoms with E-state index < -0.39 is 0 Å². The molecule has 0 aromatic carbocycles. The van der Waals surface area contributed by atoms with Crippen molar-refractivity contribution in [3.8, 4) is 0 Å². The molecular formula is C10H18BrNO2. The molecule has 4 heteroatoms. The van der Waals surface area contributed by atoms with Crippen LogP contribution < -0.4 is 0 Å². The molecule has 0 aromatic rings. The van der Waals surface area contributed by atoms with E-state index in [1.54, 1.807) is 7.11 Å². The number of hydrogen-bond acceptors (Lipinski definition) is 2. The van der Waals surface area contributed by atoms with Gasteiger partial charge in [0.2, 0.25) is 5.91 Å². The molecule has 1 amide bonds. The highest BCUT2D eigenvalue weighted by Gasteiger charge is 2.32. The number of hydrogen-bond donors (Lipinski definition) is 0. The van der Waals surface area contributed by atoms with E-state index in [-0.39, 0.29) is 11.5 Å². The summed E-state index contributed by atoms with van der Waals surface area (Å²) >= 11 is 3.28. The van der Waals surface area contributed by atoms with Crippen LogP contribution in [0, 0.1) is 0 Å². The Bertz CT molecular complexity index is 210. The summed E-state index contributed by atoms with van der Waals surface area (Å²) in [6.07, 6.45) is 2.67. The number of amides is 1. The predicted octanol–water partition coefficient (Wildman–Crippen LogP) is 1.80. The van der Waals surface area contributed by atoms with Gasteiger partial charge in [-0.3, -0.25) is 4.79 Å². The van der Waals surface area contributed by atoms with Crippen molar-refractivity contribution in [3.63, 3.8) is 0 Å². The highest BCUT2D eigenvalue weighted by molar-refractivity contribution is 9.09. The monoisotopic (exact) mass is 263 g/mol. The maximum atomic E-state index is 11.6. The number of halogens is 1. The highest BCUT2D eigenvalue weighted by atomic mass is 79.9. The molecule has 1 atom stereocenters. The van der Waals surface area contributed by atoms with Crippen LogP contribution in [0.5, 0.6) is 0 Å². The van der Waals surface area contributed by atoms with Gasteiger partial charge in [0.25, 0.3) is 0 Å². The summed E-state index contributed by atoms with van der Waals surface area (Å²) in [4.78, 5) is 13.6. The molecule has 1 aliphatic heterocycles. The van der Waals surface area contributed by atoms with Crippen molar-refractivity contribution >= 4 is 21.8 Å². The zero-order chi connectivity index (χ0) is 10.6. The first-order valence-electron chi connectivity index (χ1n) is 5.00. The van der Waals surface area contributed by atoms with Gasteiger partial charge in [0.1, 0.15) is 0 Å². The maximum Gasteiger partial charge on any atom is 0.223 e. The fourth-order valence-corrected chi connectivity index (χ4v) is 2.16. The SMILES string of the molecule is COC1(C)CCCN(C(=O)CCBr)C1. The molecule has 0 radical (unpaired) electrons. The van der Waals surface area contributed by atoms with Gasteiger partial charge < -0.3 is 9.64 Å². The van der Waals surface area contributed by atoms with Crippen LogP contribution in [0.2, 0.25) is 0 Å². The molecule has 0 aromatic heterocycles. The number of rotatable bonds is 3. The van der Waals surface area contributed by atoms with Gasteiger partial charge in [-0.1, -0.05) is 15.9 Å². The largest absolute Gasteiger partial charge is 0.377 e. The molecule has 1 fully saturated rings. The third-order valence-corrected chi connectivity index (χ3v) is 3.21. The molecule has 82 valence electrons. The second-order valence-corrected chi connectivity index (χ2v) is 4.80. The van der Waals surface area contributed by atoms with Gasteiger partial charge in [-0.15, -0.1) is 0 Å². The summed E-state index contributed by atoms with van der Waals surface area (Å²) < 4.78 is 5.43. The van der Waals surface area contributed by atoms with Crippen LogP contribution in [0.3, 0.4) is 0 Å². The van der Waals surface area contributed by atoms with Crippen molar-refractivity contribution in [1.29, 1.82) is 0 Å². The molecule has 1 heterocycles. The highest BCUT2D eigenvalue weighted by Crippen LogP contribution is 2.24. The molecule has 0 saturated carbocycles. The molecule has 1 saturated heterocycles. The maximum absolute atomic E-state index is 11.6. The van der Waals surface area contributed by atoms with E-state index in [4.69, 9.17) is 4.74 Å². The molecule has 1 rings (SSSR count). The summed E-state index contributed by atoms with van der Waals surface area (Å²) in [7, 11) is 1.72. The van der Waals surface area contributed by atoms with Crippen LogP contribution in [-0.4, -0.2) is 41.9 Å². The lowest BCUT2D eigenvalue weighted by Gasteiger charge is -2.39. The van der Waals surface area contributed by atoms with Crippen molar-refractivity contribution < 1.29 is 9.53 Å². The zero-order valence-corrected chi connectivity index (χ0v) is 10.5. The van der Waals surface area contributed by atoms with Crippen LogP contribution in [-0.2, 0) is 9.53 Å². The Balaban J connectivity index is 2.51. The van der Waals surface area contributed by atoms with E-state index in [9.17, 15) is 4.79 Å². The van der Waals surface area contributed by atoms with Gasteiger partial charge in [-0.25, -0.2) is 0 Å². The molecular weight excluding hydrogens is 246 g/mol. The van der Waals surface area contributed by atoms with Gasteiger partial charge in [0.15, 0.2) is 0 Å². The van der Waals surface area contributed by atoms with Crippen molar-refractivity contribution in [1.82, 2.24) is 4.90 Å². The van der Waals surface area contributed by atoms with E-state index in [0.717, 1.165) is 31.3 Å². The Morgan fingerprint density at radius 2 is 2.36 bits per heavy atom. The minimum atomic E-state index is -0.139. The fourth-order valence-electron chi connectivity index (χ4n) is 1.82.